The molecule has 5 amide bonds. The number of rotatable bonds is 34. The molecule has 10 N–H and O–H groups in total. The quantitative estimate of drug-likeness (QED) is 0.0116. The zero-order valence-electron chi connectivity index (χ0n) is 49.8. The van der Waals surface area contributed by atoms with Gasteiger partial charge in [0.05, 0.1) is 25.8 Å². The number of nitrogens with one attached hydrogen (secondary N) is 4. The molecular formula is C57H84FN13O15Si+2. The van der Waals surface area contributed by atoms with Crippen molar-refractivity contribution in [2.24, 2.45) is 16.6 Å². The third kappa shape index (κ3) is 26.7. The Kier molecular flexibility index (Phi) is 30.3. The van der Waals surface area contributed by atoms with Gasteiger partial charge in [0, 0.05) is 132 Å². The highest BCUT2D eigenvalue weighted by atomic mass is 28.2. The number of amides is 5. The average Bonchev–Trinajstić information content (AvgIpc) is 1.96. The predicted molar refractivity (Wildman–Crippen MR) is 317 cm³/mol. The van der Waals surface area contributed by atoms with Gasteiger partial charge in [-0.1, -0.05) is 36.9 Å². The zero-order chi connectivity index (χ0) is 64.1. The minimum atomic E-state index is -1.62. The molecule has 3 heterocycles. The lowest BCUT2D eigenvalue weighted by atomic mass is 9.99. The van der Waals surface area contributed by atoms with Crippen molar-refractivity contribution in [3.05, 3.63) is 81.5 Å². The Labute approximate surface area is 507 Å². The molecule has 476 valence electrons. The molecule has 1 aromatic carbocycles. The molecule has 3 unspecified atom stereocenters. The van der Waals surface area contributed by atoms with E-state index in [9.17, 15) is 72.9 Å². The molecule has 2 radical (unpaired) electrons. The Balaban J connectivity index is 1.32. The average molecular weight is 1240 g/mol. The molecule has 0 bridgehead atoms. The fraction of sp³-hybridized carbons (Fsp3) is 0.596. The van der Waals surface area contributed by atoms with Gasteiger partial charge in [-0.2, -0.15) is 4.79 Å². The zero-order valence-corrected chi connectivity index (χ0v) is 50.8. The van der Waals surface area contributed by atoms with E-state index in [0.29, 0.717) is 21.7 Å². The second kappa shape index (κ2) is 36.9. The van der Waals surface area contributed by atoms with Gasteiger partial charge in [-0.3, -0.25) is 53.3 Å². The molecule has 0 saturated carbocycles. The summed E-state index contributed by atoms with van der Waals surface area (Å²) in [5.74, 6) is -7.82. The van der Waals surface area contributed by atoms with Crippen molar-refractivity contribution in [2.45, 2.75) is 114 Å². The first-order valence-electron chi connectivity index (χ1n) is 28.8. The van der Waals surface area contributed by atoms with Crippen LogP contribution in [0.15, 0.2) is 64.2 Å². The molecule has 5 atom stereocenters. The number of benzene rings is 1. The van der Waals surface area contributed by atoms with Gasteiger partial charge in [0.15, 0.2) is 27.6 Å². The van der Waals surface area contributed by atoms with Crippen LogP contribution in [0.5, 0.6) is 0 Å². The number of furan rings is 1. The molecule has 1 aromatic heterocycles. The predicted octanol–water partition coefficient (Wildman–Crippen LogP) is 0.630. The van der Waals surface area contributed by atoms with Crippen LogP contribution in [-0.4, -0.2) is 242 Å². The van der Waals surface area contributed by atoms with Crippen LogP contribution in [0.3, 0.4) is 0 Å². The smallest absolute Gasteiger partial charge is 0.480 e. The van der Waals surface area contributed by atoms with E-state index in [4.69, 9.17) is 10.2 Å². The van der Waals surface area contributed by atoms with Gasteiger partial charge in [-0.25, -0.2) is 9.18 Å². The summed E-state index contributed by atoms with van der Waals surface area (Å²) in [6.45, 7) is 5.96. The molecule has 28 nitrogen and oxygen atoms in total. The van der Waals surface area contributed by atoms with Crippen LogP contribution in [0.2, 0.25) is 6.04 Å². The van der Waals surface area contributed by atoms with E-state index < -0.39 is 83.8 Å². The number of carboxylic acid groups (broad SMARTS) is 4. The maximum atomic E-state index is 15.0. The van der Waals surface area contributed by atoms with Crippen LogP contribution < -0.4 is 27.0 Å². The first-order valence-corrected chi connectivity index (χ1v) is 30.0. The SMILES string of the molecule is C=C(C)C1(F)C[Si]N(C(=O)Cc2cc(CNC(=O)CCC(=O)N[C@@H](CCCN=C(N)N(C)C)C(=O)[N+]#CC(Cc3ccccc3)C[N+](=O)[C@@H](CCCCNC(=O)CCC(C(=O)O)N3CCNCN(CC(=O)O)CCN(CC(=O)O)CC3)C(=O)O)co2)C1. The summed E-state index contributed by atoms with van der Waals surface area (Å²) in [6.07, 6.45) is 1.22. The Morgan fingerprint density at radius 3 is 2.23 bits per heavy atom. The number of carboxylic acids is 4. The largest absolute Gasteiger partial charge is 0.537 e. The van der Waals surface area contributed by atoms with E-state index in [0.717, 1.165) is 5.56 Å². The number of hydrogen-bond acceptors (Lipinski definition) is 16. The van der Waals surface area contributed by atoms with E-state index in [1.165, 1.54) is 10.8 Å². The maximum absolute atomic E-state index is 15.0. The molecular weight excluding hydrogens is 1150 g/mol. The summed E-state index contributed by atoms with van der Waals surface area (Å²) in [4.78, 5) is 142. The van der Waals surface area contributed by atoms with E-state index in [1.807, 2.05) is 0 Å². The number of aliphatic carboxylic acids is 4. The first-order chi connectivity index (χ1) is 41.3. The number of nitrogens with zero attached hydrogens (tertiary/aromatic N) is 8. The molecule has 2 aliphatic rings. The van der Waals surface area contributed by atoms with Crippen molar-refractivity contribution in [3.63, 3.8) is 0 Å². The molecule has 0 spiro atoms. The molecule has 2 saturated heterocycles. The van der Waals surface area contributed by atoms with E-state index >= 15 is 0 Å². The topological polar surface area (TPSA) is 375 Å². The third-order valence-corrected chi connectivity index (χ3v) is 16.0. The van der Waals surface area contributed by atoms with E-state index in [2.05, 4.69) is 43.8 Å². The monoisotopic (exact) mass is 1240 g/mol. The fourth-order valence-electron chi connectivity index (χ4n) is 9.40. The van der Waals surface area contributed by atoms with Crippen molar-refractivity contribution in [1.82, 2.24) is 45.4 Å². The number of hydrogen-bond donors (Lipinski definition) is 9. The number of carbonyl (C=O) groups excluding carboxylic acids is 5. The molecule has 0 aliphatic carbocycles. The fourth-order valence-corrected chi connectivity index (χ4v) is 10.9. The van der Waals surface area contributed by atoms with E-state index in [1.54, 1.807) is 77.0 Å². The van der Waals surface area contributed by atoms with Crippen LogP contribution in [0.4, 0.5) is 4.39 Å². The summed E-state index contributed by atoms with van der Waals surface area (Å²) in [7, 11) is 3.38. The minimum absolute atomic E-state index is 0.0234. The van der Waals surface area contributed by atoms with Crippen molar-refractivity contribution >= 4 is 69.1 Å². The second-order valence-electron chi connectivity index (χ2n) is 21.8. The van der Waals surface area contributed by atoms with Gasteiger partial charge in [-0.15, -0.1) is 0 Å². The van der Waals surface area contributed by atoms with Crippen molar-refractivity contribution in [1.29, 1.82) is 0 Å². The summed E-state index contributed by atoms with van der Waals surface area (Å²) in [5, 5.41) is 50.4. The van der Waals surface area contributed by atoms with Crippen molar-refractivity contribution < 1.29 is 77.1 Å². The number of guanidine groups is 1. The standard InChI is InChI=1S/C57H82FN13O15Si/c1-39(2)57(58)36-71(87-37-57)50(75)29-43-28-42(35-86-43)31-63-48(73)17-18-49(74)65-44(13-10-20-62-56(59)66(3)4)53(80)64-30-41(27-40-11-6-5-7-12-40)32-70(85)46(55(83)84)14-8-9-19-61-47(72)16-15-45(54(81)82)69-22-21-60-38-68(34-52(78)79)24-23-67(25-26-69)33-51(76)77/h5-7,11-12,28,35,41,44-46,60H,1,8-10,13-27,29,31-34,36-38H2,2-4H3,(H7-2,59,61,62,63,65,72,73,74,76,77,78,79,81,82,83,84)/p+2/t41?,44-,45?,46-,57?/m0/s1. The lowest BCUT2D eigenvalue weighted by Crippen LogP contribution is -2.48. The summed E-state index contributed by atoms with van der Waals surface area (Å²) < 4.78 is 22.3. The van der Waals surface area contributed by atoms with Crippen molar-refractivity contribution in [3.8, 4) is 6.07 Å². The minimum Gasteiger partial charge on any atom is -0.480 e. The Bertz CT molecular complexity index is 2800. The lowest BCUT2D eigenvalue weighted by molar-refractivity contribution is -0.579. The number of unbranched alkanes of at least 4 members (excludes halogenated alkanes) is 1. The van der Waals surface area contributed by atoms with Crippen molar-refractivity contribution in [2.75, 3.05) is 99.3 Å². The number of halogens is 1. The molecule has 4 rings (SSSR count). The van der Waals surface area contributed by atoms with Gasteiger partial charge < -0.3 is 61.3 Å². The van der Waals surface area contributed by atoms with E-state index in [-0.39, 0.29) is 183 Å². The van der Waals surface area contributed by atoms with Crippen LogP contribution in [0, 0.1) is 16.9 Å². The normalized spacial score (nSPS) is 17.7. The maximum Gasteiger partial charge on any atom is 0.537 e. The van der Waals surface area contributed by atoms with Gasteiger partial charge in [0.1, 0.15) is 17.5 Å². The lowest BCUT2D eigenvalue weighted by Gasteiger charge is -2.31. The number of carbonyl (C=O) groups is 9. The molecule has 87 heavy (non-hydrogen) atoms. The van der Waals surface area contributed by atoms with Gasteiger partial charge in [0.25, 0.3) is 12.1 Å². The Morgan fingerprint density at radius 2 is 1.56 bits per heavy atom. The number of nitroso groups, excluding NO2 is 1. The number of alkyl halides is 1. The Hall–Kier alpha value is -7.98. The van der Waals surface area contributed by atoms with Crippen LogP contribution in [-0.2, 0) is 62.5 Å². The summed E-state index contributed by atoms with van der Waals surface area (Å²) in [6, 6.07) is 9.53. The highest BCUT2D eigenvalue weighted by Gasteiger charge is 2.42. The molecule has 2 fully saturated rings. The highest BCUT2D eigenvalue weighted by Crippen LogP contribution is 2.32. The second-order valence-corrected chi connectivity index (χ2v) is 23.0. The van der Waals surface area contributed by atoms with Crippen LogP contribution in [0.1, 0.15) is 81.6 Å². The number of aliphatic imine (C=N–C) groups is 1. The summed E-state index contributed by atoms with van der Waals surface area (Å²) >= 11 is 0. The highest BCUT2D eigenvalue weighted by molar-refractivity contribution is 6.38. The van der Waals surface area contributed by atoms with Gasteiger partial charge in [-0.05, 0) is 68.7 Å². The molecule has 2 aliphatic heterocycles. The van der Waals surface area contributed by atoms with Crippen LogP contribution in [0.25, 0.3) is 4.85 Å². The first kappa shape index (κ1) is 71.5. The van der Waals surface area contributed by atoms with Crippen LogP contribution >= 0.6 is 0 Å². The van der Waals surface area contributed by atoms with Gasteiger partial charge in [0.2, 0.25) is 30.2 Å². The Morgan fingerprint density at radius 1 is 0.885 bits per heavy atom. The molecule has 2 aromatic rings. The summed E-state index contributed by atoms with van der Waals surface area (Å²) in [5.41, 5.74) is 5.97. The third-order valence-electron chi connectivity index (χ3n) is 14.5. The molecule has 30 heteroatoms. The van der Waals surface area contributed by atoms with Gasteiger partial charge >= 0.3 is 29.8 Å². The number of nitrogens with two attached hydrogens (primary N) is 1.